The van der Waals surface area contributed by atoms with E-state index < -0.39 is 0 Å². The Morgan fingerprint density at radius 1 is 1.31 bits per heavy atom. The van der Waals surface area contributed by atoms with E-state index in [1.807, 2.05) is 23.1 Å². The molecule has 3 saturated heterocycles. The number of carbonyl (C=O) groups is 2. The Morgan fingerprint density at radius 2 is 2.09 bits per heavy atom. The van der Waals surface area contributed by atoms with Gasteiger partial charge in [0.2, 0.25) is 5.91 Å². The predicted molar refractivity (Wildman–Crippen MR) is 122 cm³/mol. The van der Waals surface area contributed by atoms with Crippen LogP contribution < -0.4 is 10.1 Å². The van der Waals surface area contributed by atoms with Crippen LogP contribution in [0, 0.1) is 11.8 Å². The molecule has 4 heterocycles. The van der Waals surface area contributed by atoms with Crippen LogP contribution in [0.4, 0.5) is 0 Å². The lowest BCUT2D eigenvalue weighted by molar-refractivity contribution is -0.123. The smallest absolute Gasteiger partial charge is 0.289 e. The maximum Gasteiger partial charge on any atom is 0.289 e. The van der Waals surface area contributed by atoms with Crippen LogP contribution in [0.2, 0.25) is 0 Å². The summed E-state index contributed by atoms with van der Waals surface area (Å²) in [4.78, 5) is 30.3. The second-order valence-electron chi connectivity index (χ2n) is 9.73. The first-order valence-electron chi connectivity index (χ1n) is 11.9. The third kappa shape index (κ3) is 3.38. The number of nitrogens with one attached hydrogen (secondary N) is 1. The molecule has 0 bridgehead atoms. The van der Waals surface area contributed by atoms with E-state index in [0.29, 0.717) is 42.1 Å². The molecule has 1 N–H and O–H groups in total. The summed E-state index contributed by atoms with van der Waals surface area (Å²) in [5.74, 6) is 1.49. The first kappa shape index (κ1) is 21.3. The topological polar surface area (TPSA) is 75.0 Å². The number of nitrogens with zero attached hydrogens (tertiary/aromatic N) is 2. The molecule has 32 heavy (non-hydrogen) atoms. The van der Waals surface area contributed by atoms with Crippen molar-refractivity contribution in [3.63, 3.8) is 0 Å². The maximum atomic E-state index is 13.2. The summed E-state index contributed by atoms with van der Waals surface area (Å²) < 4.78 is 11.2. The molecule has 5 rings (SSSR count). The third-order valence-corrected chi connectivity index (χ3v) is 7.98. The van der Waals surface area contributed by atoms with E-state index in [1.54, 1.807) is 13.2 Å². The molecule has 0 radical (unpaired) electrons. The molecular formula is C25H33N3O4. The SMILES string of the molecule is CCC[C@H](C)N1C[C@H]2C(=O)NC3(CCN(C(=O)c4cc5cccc(OC)c5o4)CC3)[C@H]2C1. The summed E-state index contributed by atoms with van der Waals surface area (Å²) in [6, 6.07) is 7.95. The summed E-state index contributed by atoms with van der Waals surface area (Å²) in [7, 11) is 1.60. The third-order valence-electron chi connectivity index (χ3n) is 7.98. The van der Waals surface area contributed by atoms with Crippen molar-refractivity contribution in [1.29, 1.82) is 0 Å². The summed E-state index contributed by atoms with van der Waals surface area (Å²) in [5.41, 5.74) is 0.418. The number of hydrogen-bond acceptors (Lipinski definition) is 5. The normalized spacial score (nSPS) is 25.8. The summed E-state index contributed by atoms with van der Waals surface area (Å²) in [5, 5.41) is 4.22. The fraction of sp³-hybridized carbons (Fsp3) is 0.600. The highest BCUT2D eigenvalue weighted by atomic mass is 16.5. The average molecular weight is 440 g/mol. The van der Waals surface area contributed by atoms with E-state index in [1.165, 1.54) is 6.42 Å². The Hall–Kier alpha value is -2.54. The van der Waals surface area contributed by atoms with Crippen LogP contribution >= 0.6 is 0 Å². The van der Waals surface area contributed by atoms with Crippen molar-refractivity contribution in [3.8, 4) is 5.75 Å². The van der Waals surface area contributed by atoms with Crippen molar-refractivity contribution in [2.75, 3.05) is 33.3 Å². The Bertz CT molecular complexity index is 1020. The van der Waals surface area contributed by atoms with Crippen molar-refractivity contribution in [2.45, 2.75) is 51.1 Å². The van der Waals surface area contributed by atoms with E-state index >= 15 is 0 Å². The molecule has 1 spiro atoms. The number of rotatable bonds is 5. The lowest BCUT2D eigenvalue weighted by Crippen LogP contribution is -2.56. The van der Waals surface area contributed by atoms with Gasteiger partial charge in [0.25, 0.3) is 5.91 Å². The Kier molecular flexibility index (Phi) is 5.40. The van der Waals surface area contributed by atoms with Gasteiger partial charge in [-0.05, 0) is 38.3 Å². The molecule has 7 heteroatoms. The lowest BCUT2D eigenvalue weighted by atomic mass is 9.75. The zero-order valence-corrected chi connectivity index (χ0v) is 19.2. The highest BCUT2D eigenvalue weighted by Gasteiger charge is 2.57. The zero-order chi connectivity index (χ0) is 22.5. The Balaban J connectivity index is 1.29. The molecular weight excluding hydrogens is 406 g/mol. The summed E-state index contributed by atoms with van der Waals surface area (Å²) >= 11 is 0. The summed E-state index contributed by atoms with van der Waals surface area (Å²) in [6.07, 6.45) is 3.92. The summed E-state index contributed by atoms with van der Waals surface area (Å²) in [6.45, 7) is 7.58. The number of methoxy groups -OCH3 is 1. The van der Waals surface area contributed by atoms with E-state index in [9.17, 15) is 9.59 Å². The molecule has 1 aromatic heterocycles. The zero-order valence-electron chi connectivity index (χ0n) is 19.2. The number of benzene rings is 1. The number of fused-ring (bicyclic) bond motifs is 3. The standard InChI is InChI=1S/C25H33N3O4/c1-4-6-16(2)28-14-18-19(15-28)25(26-23(18)29)9-11-27(12-10-25)24(30)21-13-17-7-5-8-20(31-3)22(17)32-21/h5,7-8,13,16,18-19H,4,6,9-12,14-15H2,1-3H3,(H,26,29)/t16-,18+,19-/m0/s1. The molecule has 3 atom stereocenters. The van der Waals surface area contributed by atoms with E-state index in [4.69, 9.17) is 9.15 Å². The van der Waals surface area contributed by atoms with Gasteiger partial charge in [0.15, 0.2) is 17.1 Å². The van der Waals surface area contributed by atoms with E-state index in [2.05, 4.69) is 24.1 Å². The molecule has 0 aliphatic carbocycles. The minimum Gasteiger partial charge on any atom is -0.493 e. The molecule has 172 valence electrons. The van der Waals surface area contributed by atoms with Gasteiger partial charge in [-0.25, -0.2) is 0 Å². The second kappa shape index (κ2) is 8.10. The molecule has 3 fully saturated rings. The van der Waals surface area contributed by atoms with Gasteiger partial charge in [0.05, 0.1) is 13.0 Å². The quantitative estimate of drug-likeness (QED) is 0.774. The number of likely N-dealkylation sites (tertiary alicyclic amines) is 2. The van der Waals surface area contributed by atoms with Crippen molar-refractivity contribution in [2.24, 2.45) is 11.8 Å². The van der Waals surface area contributed by atoms with E-state index in [0.717, 1.165) is 37.7 Å². The molecule has 2 aromatic rings. The lowest BCUT2D eigenvalue weighted by Gasteiger charge is -2.42. The van der Waals surface area contributed by atoms with Crippen LogP contribution in [0.15, 0.2) is 28.7 Å². The predicted octanol–water partition coefficient (Wildman–Crippen LogP) is 3.28. The van der Waals surface area contributed by atoms with Gasteiger partial charge in [0, 0.05) is 49.1 Å². The van der Waals surface area contributed by atoms with Gasteiger partial charge in [-0.3, -0.25) is 14.5 Å². The van der Waals surface area contributed by atoms with Crippen molar-refractivity contribution in [3.05, 3.63) is 30.0 Å². The monoisotopic (exact) mass is 439 g/mol. The van der Waals surface area contributed by atoms with E-state index in [-0.39, 0.29) is 23.3 Å². The molecule has 3 aliphatic heterocycles. The highest BCUT2D eigenvalue weighted by molar-refractivity contribution is 5.97. The van der Waals surface area contributed by atoms with Gasteiger partial charge in [-0.1, -0.05) is 25.5 Å². The molecule has 3 aliphatic rings. The van der Waals surface area contributed by atoms with Gasteiger partial charge >= 0.3 is 0 Å². The largest absolute Gasteiger partial charge is 0.493 e. The van der Waals surface area contributed by atoms with Gasteiger partial charge in [-0.15, -0.1) is 0 Å². The van der Waals surface area contributed by atoms with Crippen LogP contribution in [0.1, 0.15) is 50.1 Å². The minimum atomic E-state index is -0.184. The van der Waals surface area contributed by atoms with Crippen LogP contribution in [0.3, 0.4) is 0 Å². The number of para-hydroxylation sites is 1. The molecule has 2 amide bonds. The van der Waals surface area contributed by atoms with Crippen molar-refractivity contribution < 1.29 is 18.7 Å². The van der Waals surface area contributed by atoms with Gasteiger partial charge < -0.3 is 19.4 Å². The fourth-order valence-electron chi connectivity index (χ4n) is 6.11. The first-order valence-corrected chi connectivity index (χ1v) is 11.9. The number of carbonyl (C=O) groups excluding carboxylic acids is 2. The van der Waals surface area contributed by atoms with Crippen LogP contribution in [0.25, 0.3) is 11.0 Å². The van der Waals surface area contributed by atoms with Crippen LogP contribution in [-0.2, 0) is 4.79 Å². The van der Waals surface area contributed by atoms with Crippen molar-refractivity contribution in [1.82, 2.24) is 15.1 Å². The van der Waals surface area contributed by atoms with Crippen LogP contribution in [0.5, 0.6) is 5.75 Å². The number of amides is 2. The van der Waals surface area contributed by atoms with Gasteiger partial charge in [-0.2, -0.15) is 0 Å². The maximum absolute atomic E-state index is 13.2. The van der Waals surface area contributed by atoms with Gasteiger partial charge in [0.1, 0.15) is 0 Å². The molecule has 0 saturated carbocycles. The minimum absolute atomic E-state index is 0.0828. The van der Waals surface area contributed by atoms with Crippen LogP contribution in [-0.4, -0.2) is 66.5 Å². The number of piperidine rings is 1. The first-order chi connectivity index (χ1) is 15.5. The number of furan rings is 1. The highest BCUT2D eigenvalue weighted by Crippen LogP contribution is 2.45. The Morgan fingerprint density at radius 3 is 2.81 bits per heavy atom. The second-order valence-corrected chi connectivity index (χ2v) is 9.73. The molecule has 7 nitrogen and oxygen atoms in total. The number of ether oxygens (including phenoxy) is 1. The number of hydrogen-bond donors (Lipinski definition) is 1. The average Bonchev–Trinajstić information content (AvgIpc) is 3.49. The molecule has 1 aromatic carbocycles. The molecule has 0 unspecified atom stereocenters. The fourth-order valence-corrected chi connectivity index (χ4v) is 6.11. The Labute approximate surface area is 189 Å². The van der Waals surface area contributed by atoms with Crippen molar-refractivity contribution >= 4 is 22.8 Å².